The number of hydrogen-bond donors (Lipinski definition) is 0. The molecule has 220 valence electrons. The summed E-state index contributed by atoms with van der Waals surface area (Å²) in [6, 6.07) is 9.09. The summed E-state index contributed by atoms with van der Waals surface area (Å²) in [5.41, 5.74) is 1.91. The molecule has 0 radical (unpaired) electrons. The molecule has 5 heterocycles. The van der Waals surface area contributed by atoms with Crippen molar-refractivity contribution in [1.29, 1.82) is 0 Å². The number of hydrogen-bond acceptors (Lipinski definition) is 11. The van der Waals surface area contributed by atoms with Crippen molar-refractivity contribution in [3.8, 4) is 11.7 Å². The molecule has 2 fully saturated rings. The van der Waals surface area contributed by atoms with Crippen LogP contribution in [-0.4, -0.2) is 98.3 Å². The number of anilines is 2. The number of para-hydroxylation sites is 1. The summed E-state index contributed by atoms with van der Waals surface area (Å²) >= 11 is 7.34. The van der Waals surface area contributed by atoms with Gasteiger partial charge >= 0.3 is 0 Å². The molecular weight excluding hydrogens is 584 g/mol. The fourth-order valence-electron chi connectivity index (χ4n) is 4.91. The van der Waals surface area contributed by atoms with E-state index in [0.717, 1.165) is 15.6 Å². The zero-order valence-corrected chi connectivity index (χ0v) is 24.5. The molecule has 42 heavy (non-hydrogen) atoms. The third-order valence-corrected chi connectivity index (χ3v) is 8.71. The second-order valence-corrected chi connectivity index (χ2v) is 11.3. The predicted molar refractivity (Wildman–Crippen MR) is 161 cm³/mol. The molecule has 15 heteroatoms. The van der Waals surface area contributed by atoms with E-state index in [-0.39, 0.29) is 5.95 Å². The van der Waals surface area contributed by atoms with E-state index in [1.54, 1.807) is 42.4 Å². The van der Waals surface area contributed by atoms with Crippen molar-refractivity contribution in [2.24, 2.45) is 0 Å². The second-order valence-electron chi connectivity index (χ2n) is 9.65. The van der Waals surface area contributed by atoms with Gasteiger partial charge in [-0.1, -0.05) is 30.0 Å². The van der Waals surface area contributed by atoms with Gasteiger partial charge < -0.3 is 24.2 Å². The maximum Gasteiger partial charge on any atom is 0.296 e. The third-order valence-electron chi connectivity index (χ3n) is 7.12. The highest BCUT2D eigenvalue weighted by molar-refractivity contribution is 8.22. The molecule has 11 nitrogen and oxygen atoms in total. The third kappa shape index (κ3) is 5.94. The molecule has 0 bridgehead atoms. The Morgan fingerprint density at radius 1 is 0.929 bits per heavy atom. The van der Waals surface area contributed by atoms with E-state index in [4.69, 9.17) is 31.7 Å². The van der Waals surface area contributed by atoms with Crippen LogP contribution in [0.4, 0.5) is 20.7 Å². The number of rotatable bonds is 7. The van der Waals surface area contributed by atoms with Crippen molar-refractivity contribution in [3.63, 3.8) is 0 Å². The Balaban J connectivity index is 1.29. The van der Waals surface area contributed by atoms with Crippen LogP contribution in [0.25, 0.3) is 17.0 Å². The Bertz CT molecular complexity index is 1550. The standard InChI is InChI=1S/C27H29F2N9O2S2/c1-39-20-4-2-3-19-21(20)31-23(22(28)29)38(19)26-33-24(32-25(34-26)36-13-15-40-16-14-36)35-9-11-37(12-10-35)27(41)42-17-18-5-7-30-8-6-18/h2-8,22H,9-17H2,1H3. The molecule has 2 saturated heterocycles. The lowest BCUT2D eigenvalue weighted by Crippen LogP contribution is -2.48. The van der Waals surface area contributed by atoms with Crippen LogP contribution in [-0.2, 0) is 10.5 Å². The molecule has 0 spiro atoms. The number of ether oxygens (including phenoxy) is 2. The number of pyridine rings is 1. The van der Waals surface area contributed by atoms with Crippen LogP contribution in [0.15, 0.2) is 42.7 Å². The Labute approximate surface area is 250 Å². The summed E-state index contributed by atoms with van der Waals surface area (Å²) in [7, 11) is 1.48. The molecule has 0 amide bonds. The minimum atomic E-state index is -2.86. The molecule has 6 rings (SSSR count). The van der Waals surface area contributed by atoms with Crippen LogP contribution < -0.4 is 14.5 Å². The largest absolute Gasteiger partial charge is 0.494 e. The highest BCUT2D eigenvalue weighted by Crippen LogP contribution is 2.32. The number of fused-ring (bicyclic) bond motifs is 1. The highest BCUT2D eigenvalue weighted by Gasteiger charge is 2.28. The lowest BCUT2D eigenvalue weighted by Gasteiger charge is -2.36. The van der Waals surface area contributed by atoms with Gasteiger partial charge in [0.25, 0.3) is 6.43 Å². The number of piperazine rings is 1. The highest BCUT2D eigenvalue weighted by atomic mass is 32.2. The second kappa shape index (κ2) is 12.7. The van der Waals surface area contributed by atoms with E-state index in [1.807, 2.05) is 21.9 Å². The van der Waals surface area contributed by atoms with Crippen LogP contribution in [0.2, 0.25) is 0 Å². The molecule has 0 saturated carbocycles. The minimum absolute atomic E-state index is 0.0819. The first-order valence-electron chi connectivity index (χ1n) is 13.5. The first kappa shape index (κ1) is 28.4. The maximum atomic E-state index is 14.3. The number of thiocarbonyl (C=S) groups is 1. The Hall–Kier alpha value is -3.69. The molecule has 1 aromatic carbocycles. The normalized spacial score (nSPS) is 16.0. The van der Waals surface area contributed by atoms with Crippen molar-refractivity contribution in [2.75, 3.05) is 69.4 Å². The maximum absolute atomic E-state index is 14.3. The van der Waals surface area contributed by atoms with E-state index in [1.165, 1.54) is 11.7 Å². The number of thioether (sulfide) groups is 1. The van der Waals surface area contributed by atoms with Gasteiger partial charge in [0.05, 0.1) is 25.8 Å². The fraction of sp³-hybridized carbons (Fsp3) is 0.407. The van der Waals surface area contributed by atoms with E-state index in [0.29, 0.717) is 81.2 Å². The van der Waals surface area contributed by atoms with Crippen LogP contribution in [0, 0.1) is 0 Å². The number of imidazole rings is 1. The zero-order chi connectivity index (χ0) is 29.1. The van der Waals surface area contributed by atoms with Gasteiger partial charge in [0.2, 0.25) is 17.8 Å². The molecule has 0 N–H and O–H groups in total. The molecule has 3 aromatic heterocycles. The monoisotopic (exact) mass is 613 g/mol. The van der Waals surface area contributed by atoms with Gasteiger partial charge in [-0.25, -0.2) is 13.8 Å². The van der Waals surface area contributed by atoms with Crippen LogP contribution >= 0.6 is 24.0 Å². The van der Waals surface area contributed by atoms with Gasteiger partial charge in [-0.15, -0.1) is 0 Å². The summed E-state index contributed by atoms with van der Waals surface area (Å²) in [6.07, 6.45) is 0.696. The van der Waals surface area contributed by atoms with Crippen molar-refractivity contribution in [1.82, 2.24) is 34.4 Å². The number of halogens is 2. The van der Waals surface area contributed by atoms with Gasteiger partial charge in [0.1, 0.15) is 15.6 Å². The SMILES string of the molecule is COc1cccc2c1nc(C(F)F)n2-c1nc(N2CCOCC2)nc(N2CCN(C(=S)SCc3ccncc3)CC2)n1. The van der Waals surface area contributed by atoms with Gasteiger partial charge in [-0.2, -0.15) is 15.0 Å². The van der Waals surface area contributed by atoms with Gasteiger partial charge in [-0.3, -0.25) is 9.55 Å². The molecule has 0 unspecified atom stereocenters. The minimum Gasteiger partial charge on any atom is -0.494 e. The van der Waals surface area contributed by atoms with Crippen molar-refractivity contribution >= 4 is 51.2 Å². The summed E-state index contributed by atoms with van der Waals surface area (Å²) in [4.78, 5) is 28.7. The topological polar surface area (TPSA) is 97.6 Å². The molecule has 4 aromatic rings. The first-order chi connectivity index (χ1) is 20.5. The molecular formula is C27H29F2N9O2S2. The number of methoxy groups -OCH3 is 1. The lowest BCUT2D eigenvalue weighted by molar-refractivity contribution is 0.122. The van der Waals surface area contributed by atoms with Crippen LogP contribution in [0.5, 0.6) is 5.75 Å². The Morgan fingerprint density at radius 2 is 1.60 bits per heavy atom. The van der Waals surface area contributed by atoms with Gasteiger partial charge in [0, 0.05) is 57.4 Å². The molecule has 0 atom stereocenters. The summed E-state index contributed by atoms with van der Waals surface area (Å²) in [5.74, 6) is 1.62. The average molecular weight is 614 g/mol. The Morgan fingerprint density at radius 3 is 2.26 bits per heavy atom. The lowest BCUT2D eigenvalue weighted by atomic mass is 10.3. The summed E-state index contributed by atoms with van der Waals surface area (Å²) in [5, 5.41) is 0. The number of nitrogens with zero attached hydrogens (tertiary/aromatic N) is 9. The number of alkyl halides is 2. The van der Waals surface area contributed by atoms with Crippen LogP contribution in [0.1, 0.15) is 17.8 Å². The number of morpholine rings is 1. The number of aromatic nitrogens is 6. The smallest absolute Gasteiger partial charge is 0.296 e. The van der Waals surface area contributed by atoms with Gasteiger partial charge in [0.15, 0.2) is 5.82 Å². The zero-order valence-electron chi connectivity index (χ0n) is 22.9. The summed E-state index contributed by atoms with van der Waals surface area (Å²) < 4.78 is 41.7. The quantitative estimate of drug-likeness (QED) is 0.284. The van der Waals surface area contributed by atoms with Crippen molar-refractivity contribution < 1.29 is 18.3 Å². The number of benzene rings is 1. The molecule has 2 aliphatic heterocycles. The summed E-state index contributed by atoms with van der Waals surface area (Å²) in [6.45, 7) is 4.81. The molecule has 2 aliphatic rings. The van der Waals surface area contributed by atoms with E-state index in [2.05, 4.69) is 19.9 Å². The van der Waals surface area contributed by atoms with E-state index >= 15 is 0 Å². The van der Waals surface area contributed by atoms with E-state index < -0.39 is 12.2 Å². The van der Waals surface area contributed by atoms with Crippen molar-refractivity contribution in [2.45, 2.75) is 12.2 Å². The Kier molecular flexibility index (Phi) is 8.58. The van der Waals surface area contributed by atoms with E-state index in [9.17, 15) is 8.78 Å². The van der Waals surface area contributed by atoms with Crippen molar-refractivity contribution in [3.05, 3.63) is 54.1 Å². The fourth-order valence-corrected chi connectivity index (χ4v) is 6.11. The van der Waals surface area contributed by atoms with Crippen LogP contribution in [0.3, 0.4) is 0 Å². The first-order valence-corrected chi connectivity index (χ1v) is 14.9. The average Bonchev–Trinajstić information content (AvgIpc) is 3.45. The molecule has 0 aliphatic carbocycles. The van der Waals surface area contributed by atoms with Gasteiger partial charge in [-0.05, 0) is 29.8 Å². The predicted octanol–water partition coefficient (Wildman–Crippen LogP) is 3.73.